The van der Waals surface area contributed by atoms with Gasteiger partial charge in [-0.2, -0.15) is 0 Å². The van der Waals surface area contributed by atoms with Crippen molar-refractivity contribution in [1.29, 1.82) is 0 Å². The number of aliphatic hydroxyl groups is 1. The quantitative estimate of drug-likeness (QED) is 0.542. The normalized spacial score (nSPS) is 14.1. The number of aliphatic hydroxyl groups excluding tert-OH is 1. The predicted molar refractivity (Wildman–Crippen MR) is 119 cm³/mol. The first-order chi connectivity index (χ1) is 15.8. The molecule has 1 fully saturated rings. The van der Waals surface area contributed by atoms with Gasteiger partial charge in [-0.1, -0.05) is 48.5 Å². The molecule has 0 saturated carbocycles. The standard InChI is InChI=1S/C22H27FN2O2.C2H2O4/c23-21-9-5-4-8-20(21)17-24-12-10-19(11-13-24)22(27)25(14-15-26)16-18-6-2-1-3-7-18;3-1(4)2(5)6/h1-9,19,26H,10-17H2;(H,3,4)(H,5,6). The molecular weight excluding hydrogens is 431 g/mol. The van der Waals surface area contributed by atoms with Crippen LogP contribution in [0.15, 0.2) is 54.6 Å². The van der Waals surface area contributed by atoms with Crippen LogP contribution in [0.3, 0.4) is 0 Å². The first-order valence-corrected chi connectivity index (χ1v) is 10.7. The molecule has 1 heterocycles. The highest BCUT2D eigenvalue weighted by Crippen LogP contribution is 2.22. The van der Waals surface area contributed by atoms with E-state index in [1.165, 1.54) is 6.07 Å². The van der Waals surface area contributed by atoms with E-state index in [-0.39, 0.29) is 24.2 Å². The zero-order valence-corrected chi connectivity index (χ0v) is 18.3. The van der Waals surface area contributed by atoms with E-state index >= 15 is 0 Å². The van der Waals surface area contributed by atoms with Crippen molar-refractivity contribution in [3.05, 3.63) is 71.5 Å². The summed E-state index contributed by atoms with van der Waals surface area (Å²) in [5.41, 5.74) is 1.77. The van der Waals surface area contributed by atoms with Gasteiger partial charge in [-0.3, -0.25) is 9.69 Å². The van der Waals surface area contributed by atoms with Gasteiger partial charge >= 0.3 is 11.9 Å². The maximum Gasteiger partial charge on any atom is 0.414 e. The molecule has 0 atom stereocenters. The molecular formula is C24H29FN2O6. The summed E-state index contributed by atoms with van der Waals surface area (Å²) in [6.45, 7) is 2.98. The molecule has 0 unspecified atom stereocenters. The van der Waals surface area contributed by atoms with Gasteiger partial charge in [0, 0.05) is 31.1 Å². The van der Waals surface area contributed by atoms with Crippen molar-refractivity contribution >= 4 is 17.8 Å². The van der Waals surface area contributed by atoms with Gasteiger partial charge in [0.15, 0.2) is 0 Å². The van der Waals surface area contributed by atoms with Gasteiger partial charge in [0.1, 0.15) is 5.82 Å². The first-order valence-electron chi connectivity index (χ1n) is 10.7. The lowest BCUT2D eigenvalue weighted by molar-refractivity contribution is -0.159. The number of nitrogens with zero attached hydrogens (tertiary/aromatic N) is 2. The summed E-state index contributed by atoms with van der Waals surface area (Å²) in [5.74, 6) is -3.74. The number of amides is 1. The van der Waals surface area contributed by atoms with Crippen LogP contribution in [-0.2, 0) is 27.5 Å². The zero-order chi connectivity index (χ0) is 24.2. The van der Waals surface area contributed by atoms with Crippen molar-refractivity contribution < 1.29 is 34.1 Å². The fourth-order valence-electron chi connectivity index (χ4n) is 3.66. The number of likely N-dealkylation sites (tertiary alicyclic amines) is 1. The van der Waals surface area contributed by atoms with Gasteiger partial charge in [-0.15, -0.1) is 0 Å². The lowest BCUT2D eigenvalue weighted by Crippen LogP contribution is -2.43. The molecule has 3 rings (SSSR count). The summed E-state index contributed by atoms with van der Waals surface area (Å²) >= 11 is 0. The Morgan fingerprint density at radius 2 is 1.52 bits per heavy atom. The van der Waals surface area contributed by atoms with E-state index in [9.17, 15) is 14.3 Å². The number of halogens is 1. The molecule has 3 N–H and O–H groups in total. The second-order valence-electron chi connectivity index (χ2n) is 7.72. The Morgan fingerprint density at radius 3 is 2.06 bits per heavy atom. The molecule has 0 aromatic heterocycles. The first kappa shape index (κ1) is 26.0. The predicted octanol–water partition coefficient (Wildman–Crippen LogP) is 2.21. The molecule has 0 radical (unpaired) electrons. The van der Waals surface area contributed by atoms with E-state index in [0.29, 0.717) is 25.2 Å². The Hall–Kier alpha value is -3.30. The topological polar surface area (TPSA) is 118 Å². The number of carboxylic acid groups (broad SMARTS) is 2. The van der Waals surface area contributed by atoms with Gasteiger partial charge in [0.05, 0.1) is 6.61 Å². The molecule has 1 amide bonds. The summed E-state index contributed by atoms with van der Waals surface area (Å²) in [6, 6.07) is 16.7. The number of hydrogen-bond donors (Lipinski definition) is 3. The summed E-state index contributed by atoms with van der Waals surface area (Å²) < 4.78 is 13.8. The van der Waals surface area contributed by atoms with E-state index in [2.05, 4.69) is 4.90 Å². The van der Waals surface area contributed by atoms with Gasteiger partial charge in [0.25, 0.3) is 0 Å². The van der Waals surface area contributed by atoms with Crippen LogP contribution < -0.4 is 0 Å². The number of carboxylic acids is 2. The highest BCUT2D eigenvalue weighted by molar-refractivity contribution is 6.27. The second-order valence-corrected chi connectivity index (χ2v) is 7.72. The molecule has 0 spiro atoms. The van der Waals surface area contributed by atoms with E-state index < -0.39 is 11.9 Å². The number of rotatable bonds is 7. The van der Waals surface area contributed by atoms with E-state index in [0.717, 1.165) is 31.5 Å². The van der Waals surface area contributed by atoms with Crippen molar-refractivity contribution in [2.45, 2.75) is 25.9 Å². The van der Waals surface area contributed by atoms with Crippen molar-refractivity contribution in [3.63, 3.8) is 0 Å². The molecule has 1 aliphatic rings. The van der Waals surface area contributed by atoms with Crippen LogP contribution >= 0.6 is 0 Å². The Bertz CT molecular complexity index is 904. The monoisotopic (exact) mass is 460 g/mol. The third kappa shape index (κ3) is 8.63. The average molecular weight is 461 g/mol. The highest BCUT2D eigenvalue weighted by Gasteiger charge is 2.28. The summed E-state index contributed by atoms with van der Waals surface area (Å²) in [5, 5.41) is 24.1. The van der Waals surface area contributed by atoms with Crippen LogP contribution in [0.1, 0.15) is 24.0 Å². The number of carbonyl (C=O) groups excluding carboxylic acids is 1. The molecule has 1 saturated heterocycles. The fraction of sp³-hybridized carbons (Fsp3) is 0.375. The Balaban J connectivity index is 0.000000569. The Morgan fingerprint density at radius 1 is 0.939 bits per heavy atom. The lowest BCUT2D eigenvalue weighted by Gasteiger charge is -2.34. The molecule has 178 valence electrons. The Labute approximate surface area is 191 Å². The van der Waals surface area contributed by atoms with E-state index in [1.54, 1.807) is 11.0 Å². The van der Waals surface area contributed by atoms with Crippen molar-refractivity contribution in [1.82, 2.24) is 9.80 Å². The lowest BCUT2D eigenvalue weighted by atomic mass is 9.94. The molecule has 1 aliphatic heterocycles. The fourth-order valence-corrected chi connectivity index (χ4v) is 3.66. The van der Waals surface area contributed by atoms with Crippen LogP contribution in [0.2, 0.25) is 0 Å². The molecule has 2 aromatic carbocycles. The van der Waals surface area contributed by atoms with Crippen molar-refractivity contribution in [3.8, 4) is 0 Å². The minimum Gasteiger partial charge on any atom is -0.473 e. The summed E-state index contributed by atoms with van der Waals surface area (Å²) in [4.78, 5) is 35.1. The van der Waals surface area contributed by atoms with Gasteiger partial charge in [-0.25, -0.2) is 14.0 Å². The average Bonchev–Trinajstić information content (AvgIpc) is 2.81. The number of benzene rings is 2. The molecule has 0 aliphatic carbocycles. The third-order valence-corrected chi connectivity index (χ3v) is 5.37. The summed E-state index contributed by atoms with van der Waals surface area (Å²) in [7, 11) is 0. The van der Waals surface area contributed by atoms with Gasteiger partial charge in [-0.05, 0) is 37.6 Å². The minimum absolute atomic E-state index is 0.0304. The maximum absolute atomic E-state index is 13.8. The molecule has 33 heavy (non-hydrogen) atoms. The van der Waals surface area contributed by atoms with Gasteiger partial charge < -0.3 is 20.2 Å². The number of carbonyl (C=O) groups is 3. The molecule has 2 aromatic rings. The maximum atomic E-state index is 13.8. The third-order valence-electron chi connectivity index (χ3n) is 5.37. The second kappa shape index (κ2) is 13.3. The highest BCUT2D eigenvalue weighted by atomic mass is 19.1. The van der Waals surface area contributed by atoms with Crippen LogP contribution in [0.25, 0.3) is 0 Å². The van der Waals surface area contributed by atoms with Crippen LogP contribution in [-0.4, -0.2) is 69.2 Å². The Kier molecular flexibility index (Phi) is 10.5. The van der Waals surface area contributed by atoms with Gasteiger partial charge in [0.2, 0.25) is 5.91 Å². The molecule has 9 heteroatoms. The number of piperidine rings is 1. The van der Waals surface area contributed by atoms with Crippen molar-refractivity contribution in [2.75, 3.05) is 26.2 Å². The SMILES string of the molecule is O=C(C1CCN(Cc2ccccc2F)CC1)N(CCO)Cc1ccccc1.O=C(O)C(=O)O. The van der Waals surface area contributed by atoms with Crippen molar-refractivity contribution in [2.24, 2.45) is 5.92 Å². The smallest absolute Gasteiger partial charge is 0.414 e. The van der Waals surface area contributed by atoms with E-state index in [4.69, 9.17) is 19.8 Å². The van der Waals surface area contributed by atoms with E-state index in [1.807, 2.05) is 42.5 Å². The molecule has 0 bridgehead atoms. The zero-order valence-electron chi connectivity index (χ0n) is 18.3. The van der Waals surface area contributed by atoms with Crippen LogP contribution in [0.4, 0.5) is 4.39 Å². The number of aliphatic carboxylic acids is 2. The van der Waals surface area contributed by atoms with Crippen LogP contribution in [0, 0.1) is 11.7 Å². The molecule has 8 nitrogen and oxygen atoms in total. The van der Waals surface area contributed by atoms with Crippen LogP contribution in [0.5, 0.6) is 0 Å². The summed E-state index contributed by atoms with van der Waals surface area (Å²) in [6.07, 6.45) is 1.54. The largest absolute Gasteiger partial charge is 0.473 e. The minimum atomic E-state index is -1.82. The number of hydrogen-bond acceptors (Lipinski definition) is 5.